The predicted octanol–water partition coefficient (Wildman–Crippen LogP) is 6.00. The van der Waals surface area contributed by atoms with Crippen LogP contribution in [-0.2, 0) is 4.79 Å². The topological polar surface area (TPSA) is 17.1 Å². The lowest BCUT2D eigenvalue weighted by atomic mass is 9.79. The van der Waals surface area contributed by atoms with Gasteiger partial charge in [0.1, 0.15) is 0 Å². The largest absolute Gasteiger partial charge is 0.295 e. The smallest absolute Gasteiger partial charge is 0.159 e. The monoisotopic (exact) mass is 396 g/mol. The van der Waals surface area contributed by atoms with E-state index in [-0.39, 0.29) is 0 Å². The predicted molar refractivity (Wildman–Crippen MR) is 119 cm³/mol. The lowest BCUT2D eigenvalue weighted by Crippen LogP contribution is -2.82. The van der Waals surface area contributed by atoms with Crippen LogP contribution in [0.5, 0.6) is 0 Å². The fourth-order valence-corrected chi connectivity index (χ4v) is 104. The van der Waals surface area contributed by atoms with Crippen molar-refractivity contribution in [3.63, 3.8) is 0 Å². The molecule has 0 spiro atoms. The van der Waals surface area contributed by atoms with Crippen LogP contribution in [0.1, 0.15) is 25.7 Å². The second-order valence-corrected chi connectivity index (χ2v) is 52.8. The van der Waals surface area contributed by atoms with Gasteiger partial charge in [0, 0.05) is 35.3 Å². The molecule has 1 fully saturated rings. The SMILES string of the molecule is C[Si](C)(C)[Si](CC1=CC(=O)[C@@H]2CCCC[C@H]12)([Si](C)(C)C)[Si](C)(C)C. The van der Waals surface area contributed by atoms with E-state index in [2.05, 4.69) is 65.0 Å². The zero-order chi connectivity index (χ0) is 18.6. The molecule has 5 heteroatoms. The van der Waals surface area contributed by atoms with E-state index in [0.29, 0.717) is 17.6 Å². The van der Waals surface area contributed by atoms with Crippen LogP contribution >= 0.6 is 0 Å². The minimum absolute atomic E-state index is 0.366. The molecule has 0 aromatic carbocycles. The molecule has 0 aliphatic heterocycles. The summed E-state index contributed by atoms with van der Waals surface area (Å²) in [5.74, 6) is 1.48. The van der Waals surface area contributed by atoms with Gasteiger partial charge in [0.05, 0.1) is 0 Å². The molecule has 2 atom stereocenters. The van der Waals surface area contributed by atoms with Gasteiger partial charge in [0.25, 0.3) is 0 Å². The maximum absolute atomic E-state index is 12.6. The molecule has 2 aliphatic rings. The maximum Gasteiger partial charge on any atom is 0.159 e. The molecule has 2 rings (SSSR count). The van der Waals surface area contributed by atoms with Crippen molar-refractivity contribution < 1.29 is 4.79 Å². The van der Waals surface area contributed by atoms with Crippen molar-refractivity contribution in [1.29, 1.82) is 0 Å². The fraction of sp³-hybridized carbons (Fsp3) is 0.842. The van der Waals surface area contributed by atoms with Gasteiger partial charge < -0.3 is 0 Å². The van der Waals surface area contributed by atoms with Gasteiger partial charge in [-0.15, -0.1) is 0 Å². The molecule has 0 saturated heterocycles. The summed E-state index contributed by atoms with van der Waals surface area (Å²) in [6, 6.07) is 1.39. The standard InChI is InChI=1S/C19H40OSi4/c1-21(2,3)24(22(4,5)6,23(7,8)9)15-16-14-19(20)18-13-11-10-12-17(16)18/h14,17-18H,10-13,15H2,1-9H3/t17-,18-/m1/s1. The van der Waals surface area contributed by atoms with Gasteiger partial charge in [-0.3, -0.25) is 4.79 Å². The Morgan fingerprint density at radius 1 is 0.792 bits per heavy atom. The van der Waals surface area contributed by atoms with Crippen LogP contribution in [0.3, 0.4) is 0 Å². The van der Waals surface area contributed by atoms with Crippen molar-refractivity contribution in [3.05, 3.63) is 11.6 Å². The van der Waals surface area contributed by atoms with Crippen molar-refractivity contribution in [2.75, 3.05) is 0 Å². The summed E-state index contributed by atoms with van der Waals surface area (Å²) >= 11 is 0. The minimum Gasteiger partial charge on any atom is -0.295 e. The lowest BCUT2D eigenvalue weighted by molar-refractivity contribution is -0.119. The first-order chi connectivity index (χ1) is 10.7. The molecule has 1 saturated carbocycles. The van der Waals surface area contributed by atoms with E-state index < -0.39 is 29.4 Å². The number of carbonyl (C=O) groups excluding carboxylic acids is 1. The Labute approximate surface area is 154 Å². The summed E-state index contributed by atoms with van der Waals surface area (Å²) in [4.78, 5) is 12.6. The number of hydrogen-bond donors (Lipinski definition) is 0. The highest BCUT2D eigenvalue weighted by Gasteiger charge is 2.62. The molecule has 2 aliphatic carbocycles. The molecule has 0 bridgehead atoms. The first-order valence-electron chi connectivity index (χ1n) is 9.97. The number of fused-ring (bicyclic) bond motifs is 1. The van der Waals surface area contributed by atoms with E-state index in [4.69, 9.17) is 0 Å². The van der Waals surface area contributed by atoms with Crippen LogP contribution in [-0.4, -0.2) is 35.2 Å². The maximum atomic E-state index is 12.6. The van der Waals surface area contributed by atoms with Crippen LogP contribution < -0.4 is 0 Å². The third-order valence-electron chi connectivity index (χ3n) is 7.25. The second kappa shape index (κ2) is 6.46. The highest BCUT2D eigenvalue weighted by molar-refractivity contribution is 7.89. The zero-order valence-corrected chi connectivity index (χ0v) is 21.7. The second-order valence-electron chi connectivity index (χ2n) is 11.5. The quantitative estimate of drug-likeness (QED) is 0.521. The van der Waals surface area contributed by atoms with Crippen molar-refractivity contribution >= 4 is 35.2 Å². The number of rotatable bonds is 5. The Morgan fingerprint density at radius 3 is 1.62 bits per heavy atom. The van der Waals surface area contributed by atoms with Crippen molar-refractivity contribution in [2.24, 2.45) is 11.8 Å². The van der Waals surface area contributed by atoms with Gasteiger partial charge in [-0.25, -0.2) is 0 Å². The summed E-state index contributed by atoms with van der Waals surface area (Å²) in [6.07, 6.45) is 7.21. The lowest BCUT2D eigenvalue weighted by Gasteiger charge is -2.58. The Kier molecular flexibility index (Phi) is 5.54. The third-order valence-corrected chi connectivity index (χ3v) is 81.0. The third kappa shape index (κ3) is 3.30. The fourth-order valence-electron chi connectivity index (χ4n) is 6.97. The number of hydrogen-bond acceptors (Lipinski definition) is 1. The molecule has 24 heavy (non-hydrogen) atoms. The first kappa shape index (κ1) is 20.6. The van der Waals surface area contributed by atoms with Crippen LogP contribution in [0.25, 0.3) is 0 Å². The minimum atomic E-state index is -1.38. The van der Waals surface area contributed by atoms with E-state index in [1.54, 1.807) is 5.57 Å². The number of carbonyl (C=O) groups is 1. The molecule has 138 valence electrons. The molecule has 0 aromatic rings. The van der Waals surface area contributed by atoms with Gasteiger partial charge in [-0.2, -0.15) is 0 Å². The molecular weight excluding hydrogens is 357 g/mol. The Bertz CT molecular complexity index is 495. The molecule has 0 radical (unpaired) electrons. The summed E-state index contributed by atoms with van der Waals surface area (Å²) in [5, 5.41) is 0. The van der Waals surface area contributed by atoms with E-state index in [0.717, 1.165) is 6.42 Å². The van der Waals surface area contributed by atoms with E-state index in [9.17, 15) is 4.79 Å². The van der Waals surface area contributed by atoms with Crippen LogP contribution in [0, 0.1) is 11.8 Å². The molecule has 0 aromatic heterocycles. The molecule has 0 amide bonds. The molecule has 0 unspecified atom stereocenters. The summed E-state index contributed by atoms with van der Waals surface area (Å²) in [6.45, 7) is 22.7. The van der Waals surface area contributed by atoms with Crippen molar-refractivity contribution in [3.8, 4) is 0 Å². The normalized spacial score (nSPS) is 26.4. The van der Waals surface area contributed by atoms with Crippen LogP contribution in [0.15, 0.2) is 11.6 Å². The van der Waals surface area contributed by atoms with Crippen molar-refractivity contribution in [1.82, 2.24) is 0 Å². The van der Waals surface area contributed by atoms with Gasteiger partial charge in [0.15, 0.2) is 5.78 Å². The highest BCUT2D eigenvalue weighted by atomic mass is 29.9. The molecule has 1 nitrogen and oxygen atoms in total. The highest BCUT2D eigenvalue weighted by Crippen LogP contribution is 2.48. The Hall–Kier alpha value is 0.278. The average molecular weight is 397 g/mol. The van der Waals surface area contributed by atoms with Crippen molar-refractivity contribution in [2.45, 2.75) is 90.7 Å². The molecule has 0 heterocycles. The van der Waals surface area contributed by atoms with E-state index >= 15 is 0 Å². The van der Waals surface area contributed by atoms with E-state index in [1.165, 1.54) is 25.3 Å². The van der Waals surface area contributed by atoms with Gasteiger partial charge in [0.2, 0.25) is 0 Å². The van der Waals surface area contributed by atoms with Gasteiger partial charge in [-0.1, -0.05) is 77.3 Å². The Balaban J connectivity index is 2.50. The first-order valence-corrected chi connectivity index (χ1v) is 25.7. The summed E-state index contributed by atoms with van der Waals surface area (Å²) < 4.78 is 0. The summed E-state index contributed by atoms with van der Waals surface area (Å²) in [5.41, 5.74) is 1.63. The van der Waals surface area contributed by atoms with Crippen LogP contribution in [0.4, 0.5) is 0 Å². The molecular formula is C19H40OSi4. The average Bonchev–Trinajstić information content (AvgIpc) is 2.69. The summed E-state index contributed by atoms with van der Waals surface area (Å²) in [7, 11) is -3.73. The van der Waals surface area contributed by atoms with Gasteiger partial charge in [-0.05, 0) is 30.9 Å². The Morgan fingerprint density at radius 2 is 1.21 bits per heavy atom. The number of allylic oxidation sites excluding steroid dienone is 2. The van der Waals surface area contributed by atoms with Crippen LogP contribution in [0.2, 0.25) is 65.0 Å². The zero-order valence-electron chi connectivity index (χ0n) is 17.7. The number of ketones is 1. The van der Waals surface area contributed by atoms with E-state index in [1.807, 2.05) is 0 Å². The van der Waals surface area contributed by atoms with Gasteiger partial charge >= 0.3 is 0 Å². The molecule has 0 N–H and O–H groups in total.